The fourth-order valence-electron chi connectivity index (χ4n) is 3.23. The Hall–Kier alpha value is -0.610. The summed E-state index contributed by atoms with van der Waals surface area (Å²) in [6.07, 6.45) is 7.32. The van der Waals surface area contributed by atoms with Gasteiger partial charge in [0.2, 0.25) is 5.91 Å². The van der Waals surface area contributed by atoms with E-state index in [0.717, 1.165) is 38.5 Å². The van der Waals surface area contributed by atoms with Crippen LogP contribution in [0.25, 0.3) is 0 Å². The second-order valence-corrected chi connectivity index (χ2v) is 5.85. The van der Waals surface area contributed by atoms with Crippen LogP contribution in [0.3, 0.4) is 0 Å². The van der Waals surface area contributed by atoms with Crippen molar-refractivity contribution in [1.82, 2.24) is 5.32 Å². The van der Waals surface area contributed by atoms with Gasteiger partial charge in [-0.15, -0.1) is 0 Å². The summed E-state index contributed by atoms with van der Waals surface area (Å²) in [5, 5.41) is 3.21. The van der Waals surface area contributed by atoms with Crippen LogP contribution in [0.1, 0.15) is 51.9 Å². The predicted molar refractivity (Wildman–Crippen MR) is 71.2 cm³/mol. The Morgan fingerprint density at radius 1 is 1.33 bits per heavy atom. The summed E-state index contributed by atoms with van der Waals surface area (Å²) in [4.78, 5) is 12.3. The molecule has 3 N–H and O–H groups in total. The Bertz CT molecular complexity index is 290. The molecule has 0 aromatic rings. The van der Waals surface area contributed by atoms with E-state index in [-0.39, 0.29) is 17.6 Å². The number of hydrogen-bond acceptors (Lipinski definition) is 3. The van der Waals surface area contributed by atoms with E-state index < -0.39 is 0 Å². The quantitative estimate of drug-likeness (QED) is 0.803. The van der Waals surface area contributed by atoms with Crippen molar-refractivity contribution >= 4 is 5.91 Å². The lowest BCUT2D eigenvalue weighted by Gasteiger charge is -2.43. The van der Waals surface area contributed by atoms with Crippen molar-refractivity contribution in [3.63, 3.8) is 0 Å². The minimum atomic E-state index is -0.253. The lowest BCUT2D eigenvalue weighted by atomic mass is 9.73. The minimum absolute atomic E-state index is 0.0499. The van der Waals surface area contributed by atoms with E-state index in [1.54, 1.807) is 0 Å². The Morgan fingerprint density at radius 3 is 2.72 bits per heavy atom. The molecule has 0 spiro atoms. The molecule has 1 aliphatic carbocycles. The van der Waals surface area contributed by atoms with Crippen LogP contribution in [0.5, 0.6) is 0 Å². The van der Waals surface area contributed by atoms with Crippen molar-refractivity contribution in [2.24, 2.45) is 11.7 Å². The summed E-state index contributed by atoms with van der Waals surface area (Å²) in [5.41, 5.74) is 5.75. The largest absolute Gasteiger partial charge is 0.368 e. The van der Waals surface area contributed by atoms with E-state index in [9.17, 15) is 4.79 Å². The number of amides is 1. The molecular formula is C14H26N2O2. The molecule has 4 heteroatoms. The van der Waals surface area contributed by atoms with Crippen LogP contribution in [0.4, 0.5) is 0 Å². The van der Waals surface area contributed by atoms with E-state index in [1.807, 2.05) is 0 Å². The van der Waals surface area contributed by atoms with Gasteiger partial charge in [0.15, 0.2) is 0 Å². The zero-order valence-electron chi connectivity index (χ0n) is 11.4. The number of rotatable bonds is 3. The van der Waals surface area contributed by atoms with Gasteiger partial charge in [-0.05, 0) is 38.0 Å². The Labute approximate surface area is 110 Å². The van der Waals surface area contributed by atoms with E-state index in [0.29, 0.717) is 19.1 Å². The van der Waals surface area contributed by atoms with Gasteiger partial charge < -0.3 is 15.8 Å². The first-order chi connectivity index (χ1) is 8.68. The van der Waals surface area contributed by atoms with Gasteiger partial charge >= 0.3 is 0 Å². The maximum absolute atomic E-state index is 12.3. The normalized spacial score (nSPS) is 37.2. The van der Waals surface area contributed by atoms with Gasteiger partial charge in [-0.3, -0.25) is 4.79 Å². The average molecular weight is 254 g/mol. The lowest BCUT2D eigenvalue weighted by Crippen LogP contribution is -2.61. The first kappa shape index (κ1) is 13.8. The van der Waals surface area contributed by atoms with Crippen molar-refractivity contribution in [3.8, 4) is 0 Å². The fraction of sp³-hybridized carbons (Fsp3) is 0.929. The molecule has 0 aromatic carbocycles. The van der Waals surface area contributed by atoms with Gasteiger partial charge in [-0.25, -0.2) is 0 Å². The Morgan fingerprint density at radius 2 is 2.11 bits per heavy atom. The standard InChI is InChI=1S/C14H26N2O2/c1-11-6-2-4-8-14(11,10-15)16-13(17)12-7-3-5-9-18-12/h11-12H,2-10,15H2,1H3,(H,16,17). The molecule has 0 aromatic heterocycles. The number of carbonyl (C=O) groups is 1. The number of ether oxygens (including phenoxy) is 1. The van der Waals surface area contributed by atoms with Crippen molar-refractivity contribution in [3.05, 3.63) is 0 Å². The van der Waals surface area contributed by atoms with E-state index in [2.05, 4.69) is 12.2 Å². The van der Waals surface area contributed by atoms with Crippen LogP contribution >= 0.6 is 0 Å². The van der Waals surface area contributed by atoms with E-state index >= 15 is 0 Å². The summed E-state index contributed by atoms with van der Waals surface area (Å²) in [5.74, 6) is 0.512. The van der Waals surface area contributed by atoms with Crippen molar-refractivity contribution in [2.75, 3.05) is 13.2 Å². The number of carbonyl (C=O) groups excluding carboxylic acids is 1. The third-order valence-electron chi connectivity index (χ3n) is 4.66. The SMILES string of the molecule is CC1CCCCC1(CN)NC(=O)C1CCCCO1. The van der Waals surface area contributed by atoms with Gasteiger partial charge in [-0.1, -0.05) is 19.8 Å². The van der Waals surface area contributed by atoms with Crippen LogP contribution in [-0.4, -0.2) is 30.7 Å². The monoisotopic (exact) mass is 254 g/mol. The Kier molecular flexibility index (Phi) is 4.62. The first-order valence-corrected chi connectivity index (χ1v) is 7.32. The number of nitrogens with two attached hydrogens (primary N) is 1. The lowest BCUT2D eigenvalue weighted by molar-refractivity contribution is -0.138. The van der Waals surface area contributed by atoms with E-state index in [1.165, 1.54) is 6.42 Å². The molecule has 3 unspecified atom stereocenters. The summed E-state index contributed by atoms with van der Waals surface area (Å²) >= 11 is 0. The van der Waals surface area contributed by atoms with Gasteiger partial charge in [0, 0.05) is 13.2 Å². The highest BCUT2D eigenvalue weighted by Gasteiger charge is 2.39. The summed E-state index contributed by atoms with van der Waals surface area (Å²) in [6.45, 7) is 3.45. The molecule has 2 fully saturated rings. The molecular weight excluding hydrogens is 228 g/mol. The summed E-state index contributed by atoms with van der Waals surface area (Å²) in [6, 6.07) is 0. The molecule has 18 heavy (non-hydrogen) atoms. The third kappa shape index (κ3) is 2.86. The molecule has 2 aliphatic rings. The highest BCUT2D eigenvalue weighted by molar-refractivity contribution is 5.81. The van der Waals surface area contributed by atoms with E-state index in [4.69, 9.17) is 10.5 Å². The molecule has 2 rings (SSSR count). The second kappa shape index (κ2) is 6.02. The molecule has 3 atom stereocenters. The Balaban J connectivity index is 1.98. The molecule has 0 bridgehead atoms. The van der Waals surface area contributed by atoms with Gasteiger partial charge in [-0.2, -0.15) is 0 Å². The molecule has 1 saturated heterocycles. The molecule has 1 saturated carbocycles. The van der Waals surface area contributed by atoms with Crippen molar-refractivity contribution in [2.45, 2.75) is 63.5 Å². The minimum Gasteiger partial charge on any atom is -0.368 e. The molecule has 1 heterocycles. The van der Waals surface area contributed by atoms with Crippen LogP contribution < -0.4 is 11.1 Å². The van der Waals surface area contributed by atoms with Gasteiger partial charge in [0.05, 0.1) is 5.54 Å². The van der Waals surface area contributed by atoms with Crippen molar-refractivity contribution in [1.29, 1.82) is 0 Å². The average Bonchev–Trinajstić information content (AvgIpc) is 2.42. The second-order valence-electron chi connectivity index (χ2n) is 5.85. The van der Waals surface area contributed by atoms with Gasteiger partial charge in [0.25, 0.3) is 0 Å². The summed E-state index contributed by atoms with van der Waals surface area (Å²) < 4.78 is 5.55. The molecule has 1 amide bonds. The number of nitrogens with one attached hydrogen (secondary N) is 1. The van der Waals surface area contributed by atoms with Crippen molar-refractivity contribution < 1.29 is 9.53 Å². The molecule has 0 radical (unpaired) electrons. The van der Waals surface area contributed by atoms with Crippen LogP contribution in [0.15, 0.2) is 0 Å². The van der Waals surface area contributed by atoms with Crippen LogP contribution in [-0.2, 0) is 9.53 Å². The highest BCUT2D eigenvalue weighted by Crippen LogP contribution is 2.33. The maximum atomic E-state index is 12.3. The zero-order chi connectivity index (χ0) is 13.0. The first-order valence-electron chi connectivity index (χ1n) is 7.32. The third-order valence-corrected chi connectivity index (χ3v) is 4.66. The van der Waals surface area contributed by atoms with Gasteiger partial charge in [0.1, 0.15) is 6.10 Å². The highest BCUT2D eigenvalue weighted by atomic mass is 16.5. The zero-order valence-corrected chi connectivity index (χ0v) is 11.4. The topological polar surface area (TPSA) is 64.3 Å². The predicted octanol–water partition coefficient (Wildman–Crippen LogP) is 1.58. The van der Waals surface area contributed by atoms with Crippen LogP contribution in [0.2, 0.25) is 0 Å². The summed E-state index contributed by atoms with van der Waals surface area (Å²) in [7, 11) is 0. The molecule has 4 nitrogen and oxygen atoms in total. The molecule has 104 valence electrons. The smallest absolute Gasteiger partial charge is 0.249 e. The molecule has 1 aliphatic heterocycles. The maximum Gasteiger partial charge on any atom is 0.249 e. The van der Waals surface area contributed by atoms with Crippen LogP contribution in [0, 0.1) is 5.92 Å². The fourth-order valence-corrected chi connectivity index (χ4v) is 3.23. The number of hydrogen-bond donors (Lipinski definition) is 2.